The Labute approximate surface area is 131 Å². The number of rotatable bonds is 7. The van der Waals surface area contributed by atoms with Crippen molar-refractivity contribution < 1.29 is 13.2 Å². The largest absolute Gasteiger partial charge is 0.405 e. The molecule has 1 fully saturated rings. The Morgan fingerprint density at radius 1 is 1.33 bits per heavy atom. The average molecular weight is 365 g/mol. The van der Waals surface area contributed by atoms with Crippen LogP contribution in [0.4, 0.5) is 18.9 Å². The van der Waals surface area contributed by atoms with Crippen molar-refractivity contribution >= 4 is 21.6 Å². The smallest absolute Gasteiger partial charge is 0.362 e. The maximum atomic E-state index is 12.7. The fourth-order valence-electron chi connectivity index (χ4n) is 2.24. The van der Waals surface area contributed by atoms with E-state index in [1.54, 1.807) is 6.07 Å². The molecule has 1 aliphatic rings. The van der Waals surface area contributed by atoms with E-state index in [2.05, 4.69) is 21.2 Å². The van der Waals surface area contributed by atoms with Gasteiger partial charge in [-0.3, -0.25) is 0 Å². The summed E-state index contributed by atoms with van der Waals surface area (Å²) in [5.41, 5.74) is 1.69. The normalized spacial score (nSPS) is 15.3. The molecule has 0 unspecified atom stereocenters. The summed E-state index contributed by atoms with van der Waals surface area (Å²) < 4.78 is 38.7. The quantitative estimate of drug-likeness (QED) is 0.767. The van der Waals surface area contributed by atoms with E-state index in [0.29, 0.717) is 24.7 Å². The molecule has 0 spiro atoms. The van der Waals surface area contributed by atoms with Crippen LogP contribution >= 0.6 is 15.9 Å². The van der Waals surface area contributed by atoms with Crippen molar-refractivity contribution in [2.75, 3.05) is 18.0 Å². The lowest BCUT2D eigenvalue weighted by atomic mass is 10.2. The molecule has 118 valence electrons. The van der Waals surface area contributed by atoms with E-state index >= 15 is 0 Å². The first-order valence-corrected chi connectivity index (χ1v) is 8.02. The van der Waals surface area contributed by atoms with E-state index < -0.39 is 12.7 Å². The maximum Gasteiger partial charge on any atom is 0.405 e. The van der Waals surface area contributed by atoms with E-state index in [-0.39, 0.29) is 0 Å². The van der Waals surface area contributed by atoms with Crippen molar-refractivity contribution in [1.82, 2.24) is 5.32 Å². The van der Waals surface area contributed by atoms with E-state index in [9.17, 15) is 13.2 Å². The molecular formula is C15H20BrF3N2. The molecule has 1 aromatic carbocycles. The van der Waals surface area contributed by atoms with Gasteiger partial charge in [-0.25, -0.2) is 0 Å². The fraction of sp³-hybridized carbons (Fsp3) is 0.600. The third kappa shape index (κ3) is 5.51. The Bertz CT molecular complexity index is 472. The zero-order valence-corrected chi connectivity index (χ0v) is 13.6. The summed E-state index contributed by atoms with van der Waals surface area (Å²) in [4.78, 5) is 1.38. The molecule has 0 bridgehead atoms. The maximum absolute atomic E-state index is 12.7. The van der Waals surface area contributed by atoms with Gasteiger partial charge in [-0.05, 0) is 52.9 Å². The van der Waals surface area contributed by atoms with Crippen LogP contribution in [0.3, 0.4) is 0 Å². The highest BCUT2D eigenvalue weighted by Gasteiger charge is 2.31. The third-order valence-electron chi connectivity index (χ3n) is 3.39. The van der Waals surface area contributed by atoms with Crippen LogP contribution in [-0.4, -0.2) is 25.3 Å². The Morgan fingerprint density at radius 3 is 2.57 bits per heavy atom. The minimum atomic E-state index is -4.19. The first-order valence-electron chi connectivity index (χ1n) is 7.22. The van der Waals surface area contributed by atoms with Gasteiger partial charge in [-0.15, -0.1) is 0 Å². The summed E-state index contributed by atoms with van der Waals surface area (Å²) in [6, 6.07) is 6.19. The molecule has 2 nitrogen and oxygen atoms in total. The van der Waals surface area contributed by atoms with Crippen LogP contribution in [0.15, 0.2) is 22.7 Å². The Balaban J connectivity index is 2.08. The van der Waals surface area contributed by atoms with Crippen LogP contribution in [0.1, 0.15) is 31.7 Å². The predicted molar refractivity (Wildman–Crippen MR) is 82.6 cm³/mol. The van der Waals surface area contributed by atoms with Gasteiger partial charge in [-0.1, -0.05) is 13.0 Å². The van der Waals surface area contributed by atoms with Crippen molar-refractivity contribution in [2.45, 2.75) is 44.9 Å². The van der Waals surface area contributed by atoms with Crippen molar-refractivity contribution in [3.63, 3.8) is 0 Å². The molecule has 6 heteroatoms. The second kappa shape index (κ2) is 7.01. The molecule has 21 heavy (non-hydrogen) atoms. The van der Waals surface area contributed by atoms with Crippen LogP contribution < -0.4 is 10.2 Å². The minimum Gasteiger partial charge on any atom is -0.362 e. The number of nitrogens with zero attached hydrogens (tertiary/aromatic N) is 1. The van der Waals surface area contributed by atoms with Crippen LogP contribution in [0.5, 0.6) is 0 Å². The molecule has 0 aromatic heterocycles. The predicted octanol–water partition coefficient (Wildman–Crippen LogP) is 4.48. The molecule has 2 rings (SSSR count). The van der Waals surface area contributed by atoms with Gasteiger partial charge >= 0.3 is 6.18 Å². The van der Waals surface area contributed by atoms with Crippen LogP contribution in [0, 0.1) is 0 Å². The van der Waals surface area contributed by atoms with Gasteiger partial charge < -0.3 is 10.2 Å². The van der Waals surface area contributed by atoms with Gasteiger partial charge in [0.05, 0.1) is 5.69 Å². The molecule has 0 amide bonds. The standard InChI is InChI=1S/C15H20BrF3N2/c1-2-7-21(10-15(17,18)19)14-6-3-11(8-13(14)16)9-20-12-4-5-12/h3,6,8,12,20H,2,4-5,7,9-10H2,1H3. The molecule has 1 aromatic rings. The SMILES string of the molecule is CCCN(CC(F)(F)F)c1ccc(CNC2CC2)cc1Br. The summed E-state index contributed by atoms with van der Waals surface area (Å²) in [6.45, 7) is 2.11. The highest BCUT2D eigenvalue weighted by Crippen LogP contribution is 2.30. The van der Waals surface area contributed by atoms with Gasteiger partial charge in [-0.2, -0.15) is 13.2 Å². The number of hydrogen-bond acceptors (Lipinski definition) is 2. The van der Waals surface area contributed by atoms with Crippen molar-refractivity contribution in [2.24, 2.45) is 0 Å². The zero-order chi connectivity index (χ0) is 15.5. The van der Waals surface area contributed by atoms with Crippen molar-refractivity contribution in [1.29, 1.82) is 0 Å². The van der Waals surface area contributed by atoms with E-state index in [4.69, 9.17) is 0 Å². The molecule has 1 aliphatic carbocycles. The van der Waals surface area contributed by atoms with Gasteiger partial charge in [0.1, 0.15) is 6.54 Å². The highest BCUT2D eigenvalue weighted by molar-refractivity contribution is 9.10. The molecule has 1 N–H and O–H groups in total. The van der Waals surface area contributed by atoms with Gasteiger partial charge in [0.2, 0.25) is 0 Å². The van der Waals surface area contributed by atoms with Crippen LogP contribution in [-0.2, 0) is 6.54 Å². The monoisotopic (exact) mass is 364 g/mol. The molecule has 0 aliphatic heterocycles. The number of nitrogens with one attached hydrogen (secondary N) is 1. The molecule has 0 radical (unpaired) electrons. The van der Waals surface area contributed by atoms with E-state index in [0.717, 1.165) is 16.6 Å². The number of hydrogen-bond donors (Lipinski definition) is 1. The fourth-order valence-corrected chi connectivity index (χ4v) is 2.91. The number of alkyl halides is 3. The summed E-state index contributed by atoms with van der Waals surface area (Å²) in [5, 5.41) is 3.40. The minimum absolute atomic E-state index is 0.387. The Morgan fingerprint density at radius 2 is 2.05 bits per heavy atom. The number of halogens is 4. The summed E-state index contributed by atoms with van der Waals surface area (Å²) >= 11 is 3.41. The van der Waals surface area contributed by atoms with Gasteiger partial charge in [0.15, 0.2) is 0 Å². The molecule has 0 heterocycles. The molecular weight excluding hydrogens is 345 g/mol. The summed E-state index contributed by atoms with van der Waals surface area (Å²) in [6.07, 6.45) is -1.08. The topological polar surface area (TPSA) is 15.3 Å². The Hall–Kier alpha value is -0.750. The average Bonchev–Trinajstić information content (AvgIpc) is 3.18. The lowest BCUT2D eigenvalue weighted by molar-refractivity contribution is -0.119. The summed E-state index contributed by atoms with van der Waals surface area (Å²) in [5.74, 6) is 0. The second-order valence-electron chi connectivity index (χ2n) is 5.48. The third-order valence-corrected chi connectivity index (χ3v) is 4.02. The first-order chi connectivity index (χ1) is 9.89. The Kier molecular flexibility index (Phi) is 5.54. The van der Waals surface area contributed by atoms with Crippen LogP contribution in [0.2, 0.25) is 0 Å². The highest BCUT2D eigenvalue weighted by atomic mass is 79.9. The lowest BCUT2D eigenvalue weighted by Crippen LogP contribution is -2.35. The lowest BCUT2D eigenvalue weighted by Gasteiger charge is -2.27. The van der Waals surface area contributed by atoms with Gasteiger partial charge in [0, 0.05) is 23.6 Å². The van der Waals surface area contributed by atoms with Crippen molar-refractivity contribution in [3.05, 3.63) is 28.2 Å². The van der Waals surface area contributed by atoms with Gasteiger partial charge in [0.25, 0.3) is 0 Å². The van der Waals surface area contributed by atoms with Crippen LogP contribution in [0.25, 0.3) is 0 Å². The number of benzene rings is 1. The zero-order valence-electron chi connectivity index (χ0n) is 12.0. The van der Waals surface area contributed by atoms with E-state index in [1.165, 1.54) is 17.7 Å². The van der Waals surface area contributed by atoms with Crippen molar-refractivity contribution in [3.8, 4) is 0 Å². The first kappa shape index (κ1) is 16.6. The second-order valence-corrected chi connectivity index (χ2v) is 6.33. The van der Waals surface area contributed by atoms with E-state index in [1.807, 2.05) is 19.1 Å². The molecule has 0 atom stereocenters. The summed E-state index contributed by atoms with van der Waals surface area (Å²) in [7, 11) is 0. The number of anilines is 1. The molecule has 0 saturated heterocycles. The molecule has 1 saturated carbocycles.